The van der Waals surface area contributed by atoms with E-state index in [2.05, 4.69) is 5.32 Å². The van der Waals surface area contributed by atoms with Crippen molar-refractivity contribution >= 4 is 21.5 Å². The Bertz CT molecular complexity index is 895. The molecule has 0 saturated heterocycles. The van der Waals surface area contributed by atoms with Crippen LogP contribution in [-0.2, 0) is 9.84 Å². The summed E-state index contributed by atoms with van der Waals surface area (Å²) in [7, 11) is -3.71. The smallest absolute Gasteiger partial charge is 0.335 e. The number of hydrogen-bond acceptors (Lipinski definition) is 5. The van der Waals surface area contributed by atoms with Gasteiger partial charge in [-0.3, -0.25) is 0 Å². The molecule has 6 nitrogen and oxygen atoms in total. The van der Waals surface area contributed by atoms with Gasteiger partial charge in [0.15, 0.2) is 15.6 Å². The monoisotopic (exact) mass is 405 g/mol. The number of carbonyl (C=O) groups is 1. The molecule has 2 aromatic carbocycles. The van der Waals surface area contributed by atoms with Crippen LogP contribution in [0.5, 0.6) is 11.5 Å². The molecule has 0 fully saturated rings. The van der Waals surface area contributed by atoms with Gasteiger partial charge in [-0.1, -0.05) is 44.9 Å². The Morgan fingerprint density at radius 2 is 1.75 bits per heavy atom. The summed E-state index contributed by atoms with van der Waals surface area (Å²) in [6, 6.07) is 11.5. The molecule has 0 bridgehead atoms. The van der Waals surface area contributed by atoms with Crippen LogP contribution in [0.3, 0.4) is 0 Å². The number of nitrogens with one attached hydrogen (secondary N) is 1. The maximum Gasteiger partial charge on any atom is 0.335 e. The molecular formula is C21H27NO5S. The molecule has 7 heteroatoms. The highest BCUT2D eigenvalue weighted by Gasteiger charge is 2.25. The lowest BCUT2D eigenvalue weighted by molar-refractivity contribution is 0.0696. The van der Waals surface area contributed by atoms with Crippen LogP contribution in [0, 0.1) is 0 Å². The molecule has 0 atom stereocenters. The van der Waals surface area contributed by atoms with Gasteiger partial charge in [-0.25, -0.2) is 13.2 Å². The first kappa shape index (κ1) is 21.8. The number of carboxylic acid groups (broad SMARTS) is 1. The Hall–Kier alpha value is -2.54. The number of sulfone groups is 1. The minimum absolute atomic E-state index is 0.0634. The first-order valence-electron chi connectivity index (χ1n) is 9.50. The lowest BCUT2D eigenvalue weighted by Crippen LogP contribution is -2.13. The minimum atomic E-state index is -3.71. The fourth-order valence-corrected chi connectivity index (χ4v) is 4.27. The predicted octanol–water partition coefficient (Wildman–Crippen LogP) is 4.96. The summed E-state index contributed by atoms with van der Waals surface area (Å²) in [6.07, 6.45) is 3.01. The molecule has 0 amide bonds. The van der Waals surface area contributed by atoms with Crippen molar-refractivity contribution in [1.29, 1.82) is 0 Å². The molecule has 0 unspecified atom stereocenters. The summed E-state index contributed by atoms with van der Waals surface area (Å²) in [6.45, 7) is 4.53. The highest BCUT2D eigenvalue weighted by atomic mass is 32.2. The van der Waals surface area contributed by atoms with Gasteiger partial charge < -0.3 is 15.2 Å². The van der Waals surface area contributed by atoms with Crippen LogP contribution in [-0.4, -0.2) is 31.8 Å². The van der Waals surface area contributed by atoms with Crippen molar-refractivity contribution in [1.82, 2.24) is 0 Å². The molecule has 0 heterocycles. The van der Waals surface area contributed by atoms with E-state index in [9.17, 15) is 18.3 Å². The maximum absolute atomic E-state index is 13.0. The van der Waals surface area contributed by atoms with Crippen molar-refractivity contribution in [3.8, 4) is 11.5 Å². The van der Waals surface area contributed by atoms with E-state index in [-0.39, 0.29) is 22.0 Å². The Kier molecular flexibility index (Phi) is 7.87. The number of carboxylic acids is 1. The summed E-state index contributed by atoms with van der Waals surface area (Å²) < 4.78 is 31.9. The minimum Gasteiger partial charge on any atom is -0.478 e. The van der Waals surface area contributed by atoms with Crippen molar-refractivity contribution in [3.63, 3.8) is 0 Å². The molecule has 28 heavy (non-hydrogen) atoms. The lowest BCUT2D eigenvalue weighted by atomic mass is 10.1. The van der Waals surface area contributed by atoms with Crippen molar-refractivity contribution < 1.29 is 23.1 Å². The molecule has 0 aliphatic carbocycles. The molecule has 0 aliphatic rings. The third kappa shape index (κ3) is 5.73. The van der Waals surface area contributed by atoms with Crippen LogP contribution in [0.2, 0.25) is 0 Å². The number of anilines is 1. The predicted molar refractivity (Wildman–Crippen MR) is 110 cm³/mol. The van der Waals surface area contributed by atoms with E-state index in [1.54, 1.807) is 24.3 Å². The second kappa shape index (κ2) is 10.1. The van der Waals surface area contributed by atoms with Gasteiger partial charge in [0.1, 0.15) is 10.6 Å². The first-order chi connectivity index (χ1) is 13.4. The van der Waals surface area contributed by atoms with Gasteiger partial charge in [0.05, 0.1) is 17.0 Å². The van der Waals surface area contributed by atoms with E-state index in [1.807, 2.05) is 19.9 Å². The summed E-state index contributed by atoms with van der Waals surface area (Å²) in [5, 5.41) is 12.6. The molecule has 0 aliphatic heterocycles. The molecule has 2 aromatic rings. The highest BCUT2D eigenvalue weighted by Crippen LogP contribution is 2.38. The SMILES string of the molecule is CCCCNc1cc(C(=O)O)cc(S(=O)(=O)CCCC)c1Oc1ccccc1. The number of benzene rings is 2. The van der Waals surface area contributed by atoms with Crippen LogP contribution < -0.4 is 10.1 Å². The highest BCUT2D eigenvalue weighted by molar-refractivity contribution is 7.91. The third-order valence-electron chi connectivity index (χ3n) is 4.21. The molecule has 2 rings (SSSR count). The Labute approximate surface area is 166 Å². The molecule has 0 aromatic heterocycles. The normalized spacial score (nSPS) is 11.2. The molecule has 0 spiro atoms. The Balaban J connectivity index is 2.61. The third-order valence-corrected chi connectivity index (χ3v) is 6.01. The van der Waals surface area contributed by atoms with Crippen molar-refractivity contribution in [2.45, 2.75) is 44.4 Å². The average Bonchev–Trinajstić information content (AvgIpc) is 2.68. The van der Waals surface area contributed by atoms with Gasteiger partial charge in [-0.05, 0) is 37.1 Å². The summed E-state index contributed by atoms with van der Waals surface area (Å²) in [5.74, 6) is -0.622. The van der Waals surface area contributed by atoms with Crippen LogP contribution >= 0.6 is 0 Å². The van der Waals surface area contributed by atoms with Gasteiger partial charge in [0, 0.05) is 6.54 Å². The van der Waals surface area contributed by atoms with E-state index in [4.69, 9.17) is 4.74 Å². The second-order valence-electron chi connectivity index (χ2n) is 6.52. The number of rotatable bonds is 11. The molecular weight excluding hydrogens is 378 g/mol. The standard InChI is InChI=1S/C21H27NO5S/c1-3-5-12-22-18-14-16(21(23)24)15-19(28(25,26)13-6-4-2)20(18)27-17-10-8-7-9-11-17/h7-11,14-15,22H,3-6,12-13H2,1-2H3,(H,23,24). The van der Waals surface area contributed by atoms with Gasteiger partial charge in [0.2, 0.25) is 0 Å². The largest absolute Gasteiger partial charge is 0.478 e. The fraction of sp³-hybridized carbons (Fsp3) is 0.381. The summed E-state index contributed by atoms with van der Waals surface area (Å²) in [5.41, 5.74) is 0.279. The van der Waals surface area contributed by atoms with E-state index in [1.165, 1.54) is 12.1 Å². The van der Waals surface area contributed by atoms with Crippen molar-refractivity contribution in [3.05, 3.63) is 48.0 Å². The molecule has 2 N–H and O–H groups in total. The number of hydrogen-bond donors (Lipinski definition) is 2. The van der Waals surface area contributed by atoms with Gasteiger partial charge in [-0.2, -0.15) is 0 Å². The van der Waals surface area contributed by atoms with E-state index >= 15 is 0 Å². The molecule has 0 saturated carbocycles. The lowest BCUT2D eigenvalue weighted by Gasteiger charge is -2.18. The topological polar surface area (TPSA) is 92.7 Å². The number of ether oxygens (including phenoxy) is 1. The van der Waals surface area contributed by atoms with E-state index in [0.29, 0.717) is 30.8 Å². The number of para-hydroxylation sites is 1. The molecule has 0 radical (unpaired) electrons. The number of unbranched alkanes of at least 4 members (excludes halogenated alkanes) is 2. The fourth-order valence-electron chi connectivity index (χ4n) is 2.64. The quantitative estimate of drug-likeness (QED) is 0.513. The average molecular weight is 406 g/mol. The van der Waals surface area contributed by atoms with Crippen LogP contribution in [0.1, 0.15) is 49.9 Å². The van der Waals surface area contributed by atoms with Gasteiger partial charge in [-0.15, -0.1) is 0 Å². The van der Waals surface area contributed by atoms with E-state index in [0.717, 1.165) is 12.8 Å². The number of aromatic carboxylic acids is 1. The van der Waals surface area contributed by atoms with Crippen LogP contribution in [0.25, 0.3) is 0 Å². The van der Waals surface area contributed by atoms with Gasteiger partial charge in [0.25, 0.3) is 0 Å². The van der Waals surface area contributed by atoms with Crippen LogP contribution in [0.4, 0.5) is 5.69 Å². The van der Waals surface area contributed by atoms with Gasteiger partial charge >= 0.3 is 5.97 Å². The summed E-state index contributed by atoms with van der Waals surface area (Å²) in [4.78, 5) is 11.5. The summed E-state index contributed by atoms with van der Waals surface area (Å²) >= 11 is 0. The zero-order valence-corrected chi connectivity index (χ0v) is 17.1. The zero-order chi connectivity index (χ0) is 20.6. The zero-order valence-electron chi connectivity index (χ0n) is 16.3. The van der Waals surface area contributed by atoms with E-state index < -0.39 is 15.8 Å². The van der Waals surface area contributed by atoms with Crippen molar-refractivity contribution in [2.75, 3.05) is 17.6 Å². The maximum atomic E-state index is 13.0. The molecule has 152 valence electrons. The Morgan fingerprint density at radius 3 is 2.36 bits per heavy atom. The first-order valence-corrected chi connectivity index (χ1v) is 11.1. The second-order valence-corrected chi connectivity index (χ2v) is 8.60. The van der Waals surface area contributed by atoms with Crippen LogP contribution in [0.15, 0.2) is 47.4 Å². The Morgan fingerprint density at radius 1 is 1.07 bits per heavy atom. The van der Waals surface area contributed by atoms with Crippen molar-refractivity contribution in [2.24, 2.45) is 0 Å².